The average molecular weight is 207 g/mol. The number of anilines is 1. The SMILES string of the molecule is CC(C)C(N)c1cccc(NC(N)=O)c1. The van der Waals surface area contributed by atoms with Crippen LogP contribution in [-0.2, 0) is 0 Å². The van der Waals surface area contributed by atoms with Crippen LogP contribution in [0.15, 0.2) is 24.3 Å². The van der Waals surface area contributed by atoms with Crippen molar-refractivity contribution in [1.29, 1.82) is 0 Å². The van der Waals surface area contributed by atoms with Crippen LogP contribution in [0, 0.1) is 5.92 Å². The van der Waals surface area contributed by atoms with E-state index in [2.05, 4.69) is 19.2 Å². The zero-order valence-electron chi connectivity index (χ0n) is 9.03. The second kappa shape index (κ2) is 4.79. The van der Waals surface area contributed by atoms with E-state index in [1.165, 1.54) is 0 Å². The first-order chi connectivity index (χ1) is 7.00. The molecule has 0 aliphatic heterocycles. The van der Waals surface area contributed by atoms with Gasteiger partial charge in [0.25, 0.3) is 0 Å². The van der Waals surface area contributed by atoms with Crippen LogP contribution in [0.1, 0.15) is 25.5 Å². The maximum absolute atomic E-state index is 10.7. The maximum atomic E-state index is 10.7. The summed E-state index contributed by atoms with van der Waals surface area (Å²) in [5, 5.41) is 2.52. The average Bonchev–Trinajstić information content (AvgIpc) is 2.16. The molecule has 0 aliphatic rings. The molecule has 0 spiro atoms. The lowest BCUT2D eigenvalue weighted by molar-refractivity contribution is 0.259. The molecular weight excluding hydrogens is 190 g/mol. The third-order valence-corrected chi connectivity index (χ3v) is 2.26. The van der Waals surface area contributed by atoms with Gasteiger partial charge in [0.15, 0.2) is 0 Å². The Morgan fingerprint density at radius 1 is 1.40 bits per heavy atom. The second-order valence-electron chi connectivity index (χ2n) is 3.88. The third-order valence-electron chi connectivity index (χ3n) is 2.26. The minimum Gasteiger partial charge on any atom is -0.351 e. The first-order valence-corrected chi connectivity index (χ1v) is 4.92. The number of rotatable bonds is 3. The molecule has 0 aliphatic carbocycles. The zero-order chi connectivity index (χ0) is 11.4. The molecule has 1 atom stereocenters. The first kappa shape index (κ1) is 11.5. The van der Waals surface area contributed by atoms with E-state index in [0.717, 1.165) is 5.56 Å². The Kier molecular flexibility index (Phi) is 3.68. The van der Waals surface area contributed by atoms with Gasteiger partial charge in [-0.05, 0) is 23.6 Å². The van der Waals surface area contributed by atoms with E-state index in [0.29, 0.717) is 11.6 Å². The number of amides is 2. The van der Waals surface area contributed by atoms with Crippen molar-refractivity contribution in [3.05, 3.63) is 29.8 Å². The molecule has 4 heteroatoms. The van der Waals surface area contributed by atoms with Crippen LogP contribution in [0.5, 0.6) is 0 Å². The number of urea groups is 1. The molecule has 1 aromatic carbocycles. The van der Waals surface area contributed by atoms with E-state index in [-0.39, 0.29) is 6.04 Å². The Morgan fingerprint density at radius 3 is 2.60 bits per heavy atom. The van der Waals surface area contributed by atoms with Crippen molar-refractivity contribution in [2.24, 2.45) is 17.4 Å². The summed E-state index contributed by atoms with van der Waals surface area (Å²) in [5.41, 5.74) is 12.7. The molecule has 0 bridgehead atoms. The summed E-state index contributed by atoms with van der Waals surface area (Å²) < 4.78 is 0. The van der Waals surface area contributed by atoms with Crippen molar-refractivity contribution in [3.8, 4) is 0 Å². The van der Waals surface area contributed by atoms with Crippen LogP contribution >= 0.6 is 0 Å². The molecule has 1 unspecified atom stereocenters. The van der Waals surface area contributed by atoms with Gasteiger partial charge in [0, 0.05) is 11.7 Å². The van der Waals surface area contributed by atoms with Gasteiger partial charge in [-0.25, -0.2) is 4.79 Å². The van der Waals surface area contributed by atoms with Crippen molar-refractivity contribution in [2.45, 2.75) is 19.9 Å². The summed E-state index contributed by atoms with van der Waals surface area (Å²) >= 11 is 0. The quantitative estimate of drug-likeness (QED) is 0.706. The molecule has 4 nitrogen and oxygen atoms in total. The van der Waals surface area contributed by atoms with Crippen LogP contribution in [0.3, 0.4) is 0 Å². The Labute approximate surface area is 89.6 Å². The fourth-order valence-electron chi connectivity index (χ4n) is 1.35. The maximum Gasteiger partial charge on any atom is 0.316 e. The van der Waals surface area contributed by atoms with Gasteiger partial charge in [0.2, 0.25) is 0 Å². The van der Waals surface area contributed by atoms with Crippen molar-refractivity contribution in [2.75, 3.05) is 5.32 Å². The number of primary amides is 1. The van der Waals surface area contributed by atoms with Crippen LogP contribution in [0.25, 0.3) is 0 Å². The molecule has 0 radical (unpaired) electrons. The van der Waals surface area contributed by atoms with Gasteiger partial charge in [-0.2, -0.15) is 0 Å². The molecule has 1 rings (SSSR count). The summed E-state index contributed by atoms with van der Waals surface area (Å²) in [6.45, 7) is 4.11. The molecular formula is C11H17N3O. The van der Waals surface area contributed by atoms with Crippen molar-refractivity contribution in [3.63, 3.8) is 0 Å². The minimum absolute atomic E-state index is 0.0281. The summed E-state index contributed by atoms with van der Waals surface area (Å²) in [4.78, 5) is 10.7. The highest BCUT2D eigenvalue weighted by Crippen LogP contribution is 2.21. The number of benzene rings is 1. The predicted molar refractivity (Wildman–Crippen MR) is 61.4 cm³/mol. The van der Waals surface area contributed by atoms with Crippen molar-refractivity contribution >= 4 is 11.7 Å². The molecule has 2 amide bonds. The van der Waals surface area contributed by atoms with E-state index >= 15 is 0 Å². The minimum atomic E-state index is -0.565. The fourth-order valence-corrected chi connectivity index (χ4v) is 1.35. The lowest BCUT2D eigenvalue weighted by Gasteiger charge is -2.16. The highest BCUT2D eigenvalue weighted by Gasteiger charge is 2.10. The van der Waals surface area contributed by atoms with Crippen LogP contribution in [0.4, 0.5) is 10.5 Å². The molecule has 15 heavy (non-hydrogen) atoms. The van der Waals surface area contributed by atoms with Gasteiger partial charge < -0.3 is 16.8 Å². The Hall–Kier alpha value is -1.55. The number of hydrogen-bond acceptors (Lipinski definition) is 2. The highest BCUT2D eigenvalue weighted by molar-refractivity contribution is 5.87. The lowest BCUT2D eigenvalue weighted by Crippen LogP contribution is -2.20. The van der Waals surface area contributed by atoms with Gasteiger partial charge in [-0.3, -0.25) is 0 Å². The van der Waals surface area contributed by atoms with E-state index in [9.17, 15) is 4.79 Å². The molecule has 1 aromatic rings. The molecule has 0 aromatic heterocycles. The normalized spacial score (nSPS) is 12.5. The fraction of sp³-hybridized carbons (Fsp3) is 0.364. The summed E-state index contributed by atoms with van der Waals surface area (Å²) in [6, 6.07) is 6.82. The Bertz CT molecular complexity index is 349. The molecule has 0 saturated carbocycles. The molecule has 0 heterocycles. The molecule has 0 fully saturated rings. The summed E-state index contributed by atoms with van der Waals surface area (Å²) in [6.07, 6.45) is 0. The number of carbonyl (C=O) groups excluding carboxylic acids is 1. The predicted octanol–water partition coefficient (Wildman–Crippen LogP) is 1.83. The van der Waals surface area contributed by atoms with Gasteiger partial charge in [-0.1, -0.05) is 26.0 Å². The van der Waals surface area contributed by atoms with Crippen LogP contribution in [-0.4, -0.2) is 6.03 Å². The number of hydrogen-bond donors (Lipinski definition) is 3. The number of carbonyl (C=O) groups is 1. The summed E-state index contributed by atoms with van der Waals surface area (Å²) in [7, 11) is 0. The lowest BCUT2D eigenvalue weighted by atomic mass is 9.97. The number of nitrogens with one attached hydrogen (secondary N) is 1. The van der Waals surface area contributed by atoms with Crippen molar-refractivity contribution < 1.29 is 4.79 Å². The monoisotopic (exact) mass is 207 g/mol. The van der Waals surface area contributed by atoms with E-state index < -0.39 is 6.03 Å². The van der Waals surface area contributed by atoms with Crippen LogP contribution in [0.2, 0.25) is 0 Å². The molecule has 5 N–H and O–H groups in total. The summed E-state index contributed by atoms with van der Waals surface area (Å²) in [5.74, 6) is 0.355. The van der Waals surface area contributed by atoms with E-state index in [4.69, 9.17) is 11.5 Å². The second-order valence-corrected chi connectivity index (χ2v) is 3.88. The number of nitrogens with two attached hydrogens (primary N) is 2. The highest BCUT2D eigenvalue weighted by atomic mass is 16.2. The topological polar surface area (TPSA) is 81.1 Å². The smallest absolute Gasteiger partial charge is 0.316 e. The van der Waals surface area contributed by atoms with Crippen LogP contribution < -0.4 is 16.8 Å². The van der Waals surface area contributed by atoms with E-state index in [1.807, 2.05) is 18.2 Å². The zero-order valence-corrected chi connectivity index (χ0v) is 9.03. The van der Waals surface area contributed by atoms with Gasteiger partial charge in [0.05, 0.1) is 0 Å². The standard InChI is InChI=1S/C11H17N3O/c1-7(2)10(12)8-4-3-5-9(6-8)14-11(13)15/h3-7,10H,12H2,1-2H3,(H3,13,14,15). The van der Waals surface area contributed by atoms with Crippen molar-refractivity contribution in [1.82, 2.24) is 0 Å². The molecule has 82 valence electrons. The first-order valence-electron chi connectivity index (χ1n) is 4.92. The largest absolute Gasteiger partial charge is 0.351 e. The third kappa shape index (κ3) is 3.25. The van der Waals surface area contributed by atoms with Gasteiger partial charge in [-0.15, -0.1) is 0 Å². The van der Waals surface area contributed by atoms with E-state index in [1.54, 1.807) is 6.07 Å². The Balaban J connectivity index is 2.87. The van der Waals surface area contributed by atoms with Gasteiger partial charge in [0.1, 0.15) is 0 Å². The Morgan fingerprint density at radius 2 is 2.07 bits per heavy atom. The molecule has 0 saturated heterocycles. The van der Waals surface area contributed by atoms with Gasteiger partial charge >= 0.3 is 6.03 Å².